The molecule has 0 unspecified atom stereocenters. The molecule has 0 atom stereocenters. The topological polar surface area (TPSA) is 62.3 Å². The van der Waals surface area contributed by atoms with Crippen LogP contribution in [0.25, 0.3) is 0 Å². The summed E-state index contributed by atoms with van der Waals surface area (Å²) in [7, 11) is -1.62. The monoisotopic (exact) mass is 257 g/mol. The van der Waals surface area contributed by atoms with E-state index in [1.54, 1.807) is 13.2 Å². The number of hydrogen-bond donors (Lipinski definition) is 1. The third-order valence-corrected chi connectivity index (χ3v) is 4.17. The number of sulfonamides is 1. The molecule has 1 heterocycles. The zero-order valence-electron chi connectivity index (χ0n) is 10.3. The third-order valence-electron chi connectivity index (χ3n) is 2.37. The molecule has 0 fully saturated rings. The van der Waals surface area contributed by atoms with E-state index in [1.165, 1.54) is 4.31 Å². The maximum atomic E-state index is 11.9. The zero-order valence-corrected chi connectivity index (χ0v) is 11.1. The quantitative estimate of drug-likeness (QED) is 0.721. The summed E-state index contributed by atoms with van der Waals surface area (Å²) in [5.74, 6) is 0.115. The normalized spacial score (nSPS) is 11.9. The number of pyridine rings is 1. The summed E-state index contributed by atoms with van der Waals surface area (Å²) in [5.41, 5.74) is 0.752. The van der Waals surface area contributed by atoms with Gasteiger partial charge in [0.05, 0.1) is 18.0 Å². The highest BCUT2D eigenvalue weighted by Gasteiger charge is 2.17. The van der Waals surface area contributed by atoms with Crippen molar-refractivity contribution in [2.45, 2.75) is 13.5 Å². The SMILES string of the molecule is CCNCCS(=O)(=O)N(C)Cc1ccccn1. The molecule has 0 amide bonds. The van der Waals surface area contributed by atoms with Crippen LogP contribution in [-0.4, -0.2) is 43.6 Å². The number of hydrogen-bond acceptors (Lipinski definition) is 4. The van der Waals surface area contributed by atoms with Crippen molar-refractivity contribution in [3.8, 4) is 0 Å². The van der Waals surface area contributed by atoms with E-state index in [2.05, 4.69) is 10.3 Å². The van der Waals surface area contributed by atoms with Gasteiger partial charge in [-0.1, -0.05) is 13.0 Å². The van der Waals surface area contributed by atoms with Gasteiger partial charge in [-0.15, -0.1) is 0 Å². The molecule has 1 aromatic heterocycles. The van der Waals surface area contributed by atoms with Gasteiger partial charge in [0.25, 0.3) is 0 Å². The Morgan fingerprint density at radius 1 is 1.41 bits per heavy atom. The lowest BCUT2D eigenvalue weighted by molar-refractivity contribution is 0.461. The summed E-state index contributed by atoms with van der Waals surface area (Å²) in [6, 6.07) is 5.47. The highest BCUT2D eigenvalue weighted by atomic mass is 32.2. The van der Waals surface area contributed by atoms with E-state index < -0.39 is 10.0 Å². The Kier molecular flexibility index (Phi) is 5.54. The lowest BCUT2D eigenvalue weighted by Gasteiger charge is -2.16. The lowest BCUT2D eigenvalue weighted by atomic mass is 10.3. The minimum Gasteiger partial charge on any atom is -0.316 e. The molecular formula is C11H19N3O2S. The summed E-state index contributed by atoms with van der Waals surface area (Å²) in [4.78, 5) is 4.11. The minimum absolute atomic E-state index is 0.115. The highest BCUT2D eigenvalue weighted by Crippen LogP contribution is 2.04. The fraction of sp³-hybridized carbons (Fsp3) is 0.545. The third kappa shape index (κ3) is 4.80. The average Bonchev–Trinajstić information content (AvgIpc) is 2.30. The highest BCUT2D eigenvalue weighted by molar-refractivity contribution is 7.89. The molecule has 0 aliphatic carbocycles. The molecule has 6 heteroatoms. The molecule has 96 valence electrons. The van der Waals surface area contributed by atoms with Crippen LogP contribution in [0.3, 0.4) is 0 Å². The standard InChI is InChI=1S/C11H19N3O2S/c1-3-12-8-9-17(15,16)14(2)10-11-6-4-5-7-13-11/h4-7,12H,3,8-10H2,1-2H3. The predicted molar refractivity (Wildman–Crippen MR) is 68.0 cm³/mol. The van der Waals surface area contributed by atoms with Crippen molar-refractivity contribution in [2.75, 3.05) is 25.9 Å². The molecule has 0 aliphatic rings. The number of nitrogens with one attached hydrogen (secondary N) is 1. The lowest BCUT2D eigenvalue weighted by Crippen LogP contribution is -2.33. The molecule has 0 radical (unpaired) electrons. The summed E-state index contributed by atoms with van der Waals surface area (Å²) in [6.45, 7) is 3.52. The van der Waals surface area contributed by atoms with Crippen molar-refractivity contribution < 1.29 is 8.42 Å². The molecule has 0 bridgehead atoms. The van der Waals surface area contributed by atoms with Gasteiger partial charge in [0.2, 0.25) is 10.0 Å². The summed E-state index contributed by atoms with van der Waals surface area (Å²) < 4.78 is 25.1. The van der Waals surface area contributed by atoms with Crippen molar-refractivity contribution in [3.05, 3.63) is 30.1 Å². The van der Waals surface area contributed by atoms with Crippen LogP contribution in [0.5, 0.6) is 0 Å². The fourth-order valence-electron chi connectivity index (χ4n) is 1.35. The van der Waals surface area contributed by atoms with Gasteiger partial charge in [-0.25, -0.2) is 8.42 Å². The molecule has 0 spiro atoms. The molecule has 0 aromatic carbocycles. The van der Waals surface area contributed by atoms with Crippen LogP contribution in [0.15, 0.2) is 24.4 Å². The van der Waals surface area contributed by atoms with Gasteiger partial charge in [0.15, 0.2) is 0 Å². The number of rotatable bonds is 7. The second-order valence-electron chi connectivity index (χ2n) is 3.75. The Balaban J connectivity index is 2.54. The summed E-state index contributed by atoms with van der Waals surface area (Å²) >= 11 is 0. The van der Waals surface area contributed by atoms with E-state index in [0.717, 1.165) is 12.2 Å². The first-order valence-corrected chi connectivity index (χ1v) is 7.22. The first-order valence-electron chi connectivity index (χ1n) is 5.61. The molecule has 17 heavy (non-hydrogen) atoms. The van der Waals surface area contributed by atoms with Gasteiger partial charge < -0.3 is 5.32 Å². The van der Waals surface area contributed by atoms with E-state index in [0.29, 0.717) is 13.1 Å². The molecule has 0 aliphatic heterocycles. The van der Waals surface area contributed by atoms with Crippen LogP contribution in [-0.2, 0) is 16.6 Å². The van der Waals surface area contributed by atoms with Gasteiger partial charge >= 0.3 is 0 Å². The molecule has 1 aromatic rings. The molecule has 1 N–H and O–H groups in total. The van der Waals surface area contributed by atoms with Crippen LogP contribution in [0, 0.1) is 0 Å². The molecule has 5 nitrogen and oxygen atoms in total. The Hall–Kier alpha value is -0.980. The maximum absolute atomic E-state index is 11.9. The maximum Gasteiger partial charge on any atom is 0.215 e. The van der Waals surface area contributed by atoms with E-state index in [-0.39, 0.29) is 5.75 Å². The van der Waals surface area contributed by atoms with Gasteiger partial charge in [-0.05, 0) is 18.7 Å². The van der Waals surface area contributed by atoms with Gasteiger partial charge in [0, 0.05) is 19.8 Å². The first-order chi connectivity index (χ1) is 8.06. The van der Waals surface area contributed by atoms with E-state index in [4.69, 9.17) is 0 Å². The van der Waals surface area contributed by atoms with Crippen molar-refractivity contribution in [1.82, 2.24) is 14.6 Å². The smallest absolute Gasteiger partial charge is 0.215 e. The van der Waals surface area contributed by atoms with Gasteiger partial charge in [-0.3, -0.25) is 4.98 Å². The first kappa shape index (κ1) is 14.1. The molecule has 1 rings (SSSR count). The zero-order chi connectivity index (χ0) is 12.7. The minimum atomic E-state index is -3.20. The van der Waals surface area contributed by atoms with Crippen LogP contribution >= 0.6 is 0 Å². The van der Waals surface area contributed by atoms with E-state index in [1.807, 2.05) is 25.1 Å². The Labute approximate surface area is 103 Å². The van der Waals surface area contributed by atoms with Crippen LogP contribution in [0.2, 0.25) is 0 Å². The van der Waals surface area contributed by atoms with E-state index >= 15 is 0 Å². The van der Waals surface area contributed by atoms with Crippen molar-refractivity contribution in [3.63, 3.8) is 0 Å². The van der Waals surface area contributed by atoms with Crippen LogP contribution < -0.4 is 5.32 Å². The fourth-order valence-corrected chi connectivity index (χ4v) is 2.39. The van der Waals surface area contributed by atoms with Crippen molar-refractivity contribution >= 4 is 10.0 Å². The predicted octanol–water partition coefficient (Wildman–Crippen LogP) is 0.453. The second kappa shape index (κ2) is 6.68. The van der Waals surface area contributed by atoms with E-state index in [9.17, 15) is 8.42 Å². The Morgan fingerprint density at radius 3 is 2.76 bits per heavy atom. The van der Waals surface area contributed by atoms with Crippen molar-refractivity contribution in [1.29, 1.82) is 0 Å². The Morgan fingerprint density at radius 2 is 2.18 bits per heavy atom. The van der Waals surface area contributed by atoms with Crippen LogP contribution in [0.4, 0.5) is 0 Å². The summed E-state index contributed by atoms with van der Waals surface area (Å²) in [6.07, 6.45) is 1.66. The largest absolute Gasteiger partial charge is 0.316 e. The molecule has 0 saturated heterocycles. The van der Waals surface area contributed by atoms with Crippen LogP contribution in [0.1, 0.15) is 12.6 Å². The second-order valence-corrected chi connectivity index (χ2v) is 5.94. The van der Waals surface area contributed by atoms with Crippen molar-refractivity contribution in [2.24, 2.45) is 0 Å². The number of nitrogens with zero attached hydrogens (tertiary/aromatic N) is 2. The summed E-state index contributed by atoms with van der Waals surface area (Å²) in [5, 5.41) is 3.00. The van der Waals surface area contributed by atoms with Gasteiger partial charge in [-0.2, -0.15) is 4.31 Å². The molecule has 0 saturated carbocycles. The Bertz CT molecular complexity index is 420. The molecular weight excluding hydrogens is 238 g/mol. The van der Waals surface area contributed by atoms with Gasteiger partial charge in [0.1, 0.15) is 0 Å². The number of aromatic nitrogens is 1. The average molecular weight is 257 g/mol.